The average molecular weight is 167 g/mol. The highest BCUT2D eigenvalue weighted by atomic mass is 16.3. The van der Waals surface area contributed by atoms with E-state index in [0.29, 0.717) is 5.92 Å². The summed E-state index contributed by atoms with van der Waals surface area (Å²) in [5.41, 5.74) is 1.17. The molecular formula is C10H17NO. The van der Waals surface area contributed by atoms with Crippen LogP contribution in [-0.4, -0.2) is 4.98 Å². The molecule has 0 atom stereocenters. The zero-order valence-electron chi connectivity index (χ0n) is 8.51. The van der Waals surface area contributed by atoms with Gasteiger partial charge in [0, 0.05) is 11.3 Å². The van der Waals surface area contributed by atoms with Gasteiger partial charge >= 0.3 is 0 Å². The molecule has 0 bridgehead atoms. The number of rotatable bonds is 1. The Balaban J connectivity index is 3.08. The van der Waals surface area contributed by atoms with Crippen LogP contribution in [0.5, 0.6) is 0 Å². The molecule has 1 heterocycles. The molecule has 0 aliphatic heterocycles. The maximum atomic E-state index is 5.34. The first-order valence-electron chi connectivity index (χ1n) is 4.37. The third-order valence-electron chi connectivity index (χ3n) is 1.83. The number of hydrogen-bond donors (Lipinski definition) is 0. The molecule has 0 aromatic carbocycles. The van der Waals surface area contributed by atoms with E-state index < -0.39 is 0 Å². The van der Waals surface area contributed by atoms with Crippen LogP contribution in [-0.2, 0) is 5.41 Å². The minimum absolute atomic E-state index is 0.0899. The molecular weight excluding hydrogens is 150 g/mol. The second-order valence-corrected chi connectivity index (χ2v) is 4.47. The van der Waals surface area contributed by atoms with E-state index in [9.17, 15) is 0 Å². The molecule has 1 aromatic rings. The smallest absolute Gasteiger partial charge is 0.181 e. The van der Waals surface area contributed by atoms with E-state index in [2.05, 4.69) is 39.6 Å². The van der Waals surface area contributed by atoms with Crippen LogP contribution in [0, 0.1) is 0 Å². The molecule has 12 heavy (non-hydrogen) atoms. The fourth-order valence-corrected chi connectivity index (χ4v) is 1.23. The van der Waals surface area contributed by atoms with Gasteiger partial charge in [0.15, 0.2) is 6.39 Å². The Bertz CT molecular complexity index is 255. The van der Waals surface area contributed by atoms with Crippen molar-refractivity contribution in [3.8, 4) is 0 Å². The fourth-order valence-electron chi connectivity index (χ4n) is 1.23. The van der Waals surface area contributed by atoms with E-state index in [0.717, 1.165) is 11.5 Å². The predicted octanol–water partition coefficient (Wildman–Crippen LogP) is 3.10. The Kier molecular flexibility index (Phi) is 2.27. The molecule has 0 aliphatic carbocycles. The highest BCUT2D eigenvalue weighted by Gasteiger charge is 2.23. The molecule has 0 spiro atoms. The lowest BCUT2D eigenvalue weighted by Crippen LogP contribution is -2.14. The number of aromatic nitrogens is 1. The van der Waals surface area contributed by atoms with Crippen LogP contribution in [0.3, 0.4) is 0 Å². The first kappa shape index (κ1) is 9.30. The summed E-state index contributed by atoms with van der Waals surface area (Å²) in [7, 11) is 0. The zero-order valence-corrected chi connectivity index (χ0v) is 8.51. The van der Waals surface area contributed by atoms with Crippen molar-refractivity contribution in [1.29, 1.82) is 0 Å². The summed E-state index contributed by atoms with van der Waals surface area (Å²) in [6.45, 7) is 10.7. The molecule has 0 aliphatic rings. The van der Waals surface area contributed by atoms with Crippen molar-refractivity contribution in [2.45, 2.75) is 46.0 Å². The average Bonchev–Trinajstić information content (AvgIpc) is 2.30. The largest absolute Gasteiger partial charge is 0.448 e. The number of oxazole rings is 1. The molecule has 2 heteroatoms. The van der Waals surface area contributed by atoms with Gasteiger partial charge in [-0.2, -0.15) is 0 Å². The maximum Gasteiger partial charge on any atom is 0.181 e. The minimum atomic E-state index is 0.0899. The van der Waals surface area contributed by atoms with E-state index in [4.69, 9.17) is 4.42 Å². The van der Waals surface area contributed by atoms with Crippen LogP contribution in [0.25, 0.3) is 0 Å². The van der Waals surface area contributed by atoms with Crippen molar-refractivity contribution >= 4 is 0 Å². The summed E-state index contributed by atoms with van der Waals surface area (Å²) in [6.07, 6.45) is 1.54. The molecule has 1 aromatic heterocycles. The van der Waals surface area contributed by atoms with Crippen LogP contribution in [0.15, 0.2) is 10.8 Å². The van der Waals surface area contributed by atoms with Crippen LogP contribution in [0.4, 0.5) is 0 Å². The molecule has 68 valence electrons. The first-order chi connectivity index (χ1) is 5.43. The van der Waals surface area contributed by atoms with E-state index in [1.54, 1.807) is 0 Å². The van der Waals surface area contributed by atoms with Crippen LogP contribution in [0.1, 0.15) is 52.0 Å². The Morgan fingerprint density at radius 2 is 1.92 bits per heavy atom. The molecule has 2 nitrogen and oxygen atoms in total. The van der Waals surface area contributed by atoms with Crippen molar-refractivity contribution in [1.82, 2.24) is 4.98 Å². The third kappa shape index (κ3) is 1.68. The Hall–Kier alpha value is -0.790. The summed E-state index contributed by atoms with van der Waals surface area (Å²) in [6, 6.07) is 0. The quantitative estimate of drug-likeness (QED) is 0.642. The summed E-state index contributed by atoms with van der Waals surface area (Å²) in [5, 5.41) is 0. The molecule has 0 fully saturated rings. The van der Waals surface area contributed by atoms with Crippen molar-refractivity contribution in [2.24, 2.45) is 0 Å². The van der Waals surface area contributed by atoms with Gasteiger partial charge in [-0.25, -0.2) is 4.98 Å². The zero-order chi connectivity index (χ0) is 9.35. The summed E-state index contributed by atoms with van der Waals surface area (Å²) in [4.78, 5) is 4.24. The first-order valence-corrected chi connectivity index (χ1v) is 4.37. The Morgan fingerprint density at radius 1 is 1.33 bits per heavy atom. The molecule has 0 saturated carbocycles. The maximum absolute atomic E-state index is 5.34. The molecule has 1 rings (SSSR count). The second-order valence-electron chi connectivity index (χ2n) is 4.47. The fraction of sp³-hybridized carbons (Fsp3) is 0.700. The van der Waals surface area contributed by atoms with Gasteiger partial charge in [0.1, 0.15) is 5.76 Å². The lowest BCUT2D eigenvalue weighted by atomic mass is 9.89. The van der Waals surface area contributed by atoms with Gasteiger partial charge in [0.05, 0.1) is 5.69 Å². The topological polar surface area (TPSA) is 26.0 Å². The highest BCUT2D eigenvalue weighted by molar-refractivity contribution is 5.19. The van der Waals surface area contributed by atoms with Gasteiger partial charge in [-0.3, -0.25) is 0 Å². The van der Waals surface area contributed by atoms with Crippen molar-refractivity contribution in [2.75, 3.05) is 0 Å². The van der Waals surface area contributed by atoms with Crippen molar-refractivity contribution < 1.29 is 4.42 Å². The van der Waals surface area contributed by atoms with Gasteiger partial charge in [-0.05, 0) is 0 Å². The van der Waals surface area contributed by atoms with E-state index in [1.165, 1.54) is 6.39 Å². The van der Waals surface area contributed by atoms with Gasteiger partial charge in [-0.15, -0.1) is 0 Å². The molecule has 0 unspecified atom stereocenters. The molecule has 0 N–H and O–H groups in total. The van der Waals surface area contributed by atoms with E-state index in [-0.39, 0.29) is 5.41 Å². The molecule has 0 amide bonds. The van der Waals surface area contributed by atoms with Crippen LogP contribution >= 0.6 is 0 Å². The van der Waals surface area contributed by atoms with E-state index in [1.807, 2.05) is 0 Å². The van der Waals surface area contributed by atoms with Gasteiger partial charge in [-0.1, -0.05) is 34.6 Å². The minimum Gasteiger partial charge on any atom is -0.448 e. The van der Waals surface area contributed by atoms with Gasteiger partial charge in [0.25, 0.3) is 0 Å². The lowest BCUT2D eigenvalue weighted by Gasteiger charge is -2.17. The van der Waals surface area contributed by atoms with Crippen LogP contribution in [0.2, 0.25) is 0 Å². The number of hydrogen-bond acceptors (Lipinski definition) is 2. The van der Waals surface area contributed by atoms with Crippen molar-refractivity contribution in [3.63, 3.8) is 0 Å². The molecule has 0 saturated heterocycles. The second kappa shape index (κ2) is 2.92. The Labute approximate surface area is 74.0 Å². The van der Waals surface area contributed by atoms with Crippen molar-refractivity contribution in [3.05, 3.63) is 17.8 Å². The highest BCUT2D eigenvalue weighted by Crippen LogP contribution is 2.28. The Morgan fingerprint density at radius 3 is 2.25 bits per heavy atom. The lowest BCUT2D eigenvalue weighted by molar-refractivity contribution is 0.463. The molecule has 0 radical (unpaired) electrons. The normalized spacial score (nSPS) is 12.5. The summed E-state index contributed by atoms with van der Waals surface area (Å²) < 4.78 is 5.34. The summed E-state index contributed by atoms with van der Waals surface area (Å²) >= 11 is 0. The number of nitrogens with zero attached hydrogens (tertiary/aromatic N) is 1. The monoisotopic (exact) mass is 167 g/mol. The SMILES string of the molecule is CC(C)c1ocnc1C(C)(C)C. The van der Waals surface area contributed by atoms with Gasteiger partial charge in [0.2, 0.25) is 0 Å². The summed E-state index contributed by atoms with van der Waals surface area (Å²) in [5.74, 6) is 1.43. The van der Waals surface area contributed by atoms with Gasteiger partial charge < -0.3 is 4.42 Å². The third-order valence-corrected chi connectivity index (χ3v) is 1.83. The van der Waals surface area contributed by atoms with E-state index >= 15 is 0 Å². The van der Waals surface area contributed by atoms with Crippen LogP contribution < -0.4 is 0 Å². The predicted molar refractivity (Wildman–Crippen MR) is 49.3 cm³/mol. The standard InChI is InChI=1S/C10H17NO/c1-7(2)8-9(10(3,4)5)11-6-12-8/h6-7H,1-5H3.